The van der Waals surface area contributed by atoms with E-state index < -0.39 is 10.8 Å². The molecule has 8 heteroatoms. The molecule has 0 atom stereocenters. The molecule has 3 aromatic rings. The largest absolute Gasteiger partial charge is 0.451 e. The molecule has 0 aliphatic heterocycles. The lowest BCUT2D eigenvalue weighted by molar-refractivity contribution is -0.384. The molecule has 0 unspecified atom stereocenters. The van der Waals surface area contributed by atoms with Crippen molar-refractivity contribution in [3.8, 4) is 11.3 Å². The Morgan fingerprint density at radius 1 is 1.12 bits per heavy atom. The maximum absolute atomic E-state index is 12.2. The van der Waals surface area contributed by atoms with E-state index in [4.69, 9.17) is 16.0 Å². The summed E-state index contributed by atoms with van der Waals surface area (Å²) in [5.74, 6) is 0.0367. The van der Waals surface area contributed by atoms with E-state index in [1.807, 2.05) is 12.1 Å². The maximum atomic E-state index is 12.2. The number of nitrogens with zero attached hydrogens (tertiary/aromatic N) is 1. The van der Waals surface area contributed by atoms with E-state index in [0.29, 0.717) is 17.0 Å². The minimum absolute atomic E-state index is 0.0389. The van der Waals surface area contributed by atoms with Gasteiger partial charge in [-0.25, -0.2) is 0 Å². The Bertz CT molecular complexity index is 954. The van der Waals surface area contributed by atoms with E-state index in [1.54, 1.807) is 24.3 Å². The fourth-order valence-electron chi connectivity index (χ4n) is 2.15. The number of benzene rings is 2. The number of nitro benzene ring substituents is 1. The first kappa shape index (κ1) is 17.4. The Kier molecular flexibility index (Phi) is 5.05. The summed E-state index contributed by atoms with van der Waals surface area (Å²) in [6, 6.07) is 14.7. The van der Waals surface area contributed by atoms with Gasteiger partial charge in [-0.3, -0.25) is 14.9 Å². The summed E-state index contributed by atoms with van der Waals surface area (Å²) < 4.78 is 6.58. The van der Waals surface area contributed by atoms with Gasteiger partial charge in [0.05, 0.1) is 4.92 Å². The zero-order chi connectivity index (χ0) is 18.0. The lowest BCUT2D eigenvalue weighted by Crippen LogP contribution is -2.10. The third-order valence-electron chi connectivity index (χ3n) is 3.36. The van der Waals surface area contributed by atoms with Gasteiger partial charge in [-0.1, -0.05) is 11.6 Å². The molecule has 1 N–H and O–H groups in total. The molecule has 3 rings (SSSR count). The fraction of sp³-hybridized carbons (Fsp3) is 0. The van der Waals surface area contributed by atoms with E-state index in [2.05, 4.69) is 27.9 Å². The van der Waals surface area contributed by atoms with Crippen molar-refractivity contribution in [3.63, 3.8) is 0 Å². The lowest BCUT2D eigenvalue weighted by Gasteiger charge is -2.03. The first-order chi connectivity index (χ1) is 11.9. The molecule has 126 valence electrons. The van der Waals surface area contributed by atoms with Crippen molar-refractivity contribution in [2.24, 2.45) is 0 Å². The summed E-state index contributed by atoms with van der Waals surface area (Å²) in [7, 11) is 0. The van der Waals surface area contributed by atoms with Crippen LogP contribution in [0, 0.1) is 13.7 Å². The van der Waals surface area contributed by atoms with Crippen LogP contribution in [0.25, 0.3) is 11.3 Å². The number of furan rings is 1. The van der Waals surface area contributed by atoms with E-state index in [0.717, 1.165) is 3.57 Å². The average molecular weight is 469 g/mol. The molecule has 1 amide bonds. The highest BCUT2D eigenvalue weighted by atomic mass is 127. The second-order valence-electron chi connectivity index (χ2n) is 5.05. The highest BCUT2D eigenvalue weighted by Gasteiger charge is 2.17. The second-order valence-corrected chi connectivity index (χ2v) is 6.70. The van der Waals surface area contributed by atoms with Gasteiger partial charge in [-0.05, 0) is 71.1 Å². The second kappa shape index (κ2) is 7.24. The number of amides is 1. The van der Waals surface area contributed by atoms with E-state index >= 15 is 0 Å². The quantitative estimate of drug-likeness (QED) is 0.317. The van der Waals surface area contributed by atoms with Gasteiger partial charge >= 0.3 is 0 Å². The van der Waals surface area contributed by atoms with Gasteiger partial charge in [0.2, 0.25) is 0 Å². The number of hydrogen-bond acceptors (Lipinski definition) is 4. The molecule has 0 aliphatic carbocycles. The maximum Gasteiger partial charge on any atom is 0.291 e. The van der Waals surface area contributed by atoms with Gasteiger partial charge in [-0.2, -0.15) is 0 Å². The van der Waals surface area contributed by atoms with Gasteiger partial charge in [0.15, 0.2) is 5.76 Å². The van der Waals surface area contributed by atoms with Crippen molar-refractivity contribution in [1.82, 2.24) is 0 Å². The number of carbonyl (C=O) groups excluding carboxylic acids is 1. The summed E-state index contributed by atoms with van der Waals surface area (Å²) >= 11 is 7.97. The predicted octanol–water partition coefficient (Wildman–Crippen LogP) is 5.37. The minimum atomic E-state index is -0.570. The van der Waals surface area contributed by atoms with Gasteiger partial charge < -0.3 is 9.73 Å². The monoisotopic (exact) mass is 468 g/mol. The van der Waals surface area contributed by atoms with Crippen molar-refractivity contribution in [2.75, 3.05) is 5.32 Å². The molecule has 2 aromatic carbocycles. The molecule has 0 spiro atoms. The third kappa shape index (κ3) is 3.99. The summed E-state index contributed by atoms with van der Waals surface area (Å²) in [5.41, 5.74) is 0.885. The van der Waals surface area contributed by atoms with Crippen LogP contribution in [-0.4, -0.2) is 10.8 Å². The van der Waals surface area contributed by atoms with Crippen molar-refractivity contribution in [2.45, 2.75) is 0 Å². The normalized spacial score (nSPS) is 10.5. The van der Waals surface area contributed by atoms with Crippen LogP contribution in [0.3, 0.4) is 0 Å². The minimum Gasteiger partial charge on any atom is -0.451 e. The Morgan fingerprint density at radius 3 is 2.52 bits per heavy atom. The molecule has 0 saturated carbocycles. The zero-order valence-corrected chi connectivity index (χ0v) is 15.4. The smallest absolute Gasteiger partial charge is 0.291 e. The van der Waals surface area contributed by atoms with Gasteiger partial charge in [0.25, 0.3) is 11.6 Å². The average Bonchev–Trinajstić information content (AvgIpc) is 3.07. The number of hydrogen-bond donors (Lipinski definition) is 1. The number of rotatable bonds is 4. The molecule has 0 aliphatic rings. The van der Waals surface area contributed by atoms with Crippen LogP contribution in [0.2, 0.25) is 5.02 Å². The molecule has 0 radical (unpaired) electrons. The molecule has 25 heavy (non-hydrogen) atoms. The topological polar surface area (TPSA) is 85.4 Å². The molecule has 0 saturated heterocycles. The predicted molar refractivity (Wildman–Crippen MR) is 103 cm³/mol. The highest BCUT2D eigenvalue weighted by Crippen LogP contribution is 2.31. The Hall–Kier alpha value is -2.39. The summed E-state index contributed by atoms with van der Waals surface area (Å²) in [5, 5.41) is 13.7. The Labute approximate surface area is 161 Å². The number of carbonyl (C=O) groups is 1. The zero-order valence-electron chi connectivity index (χ0n) is 12.5. The molecule has 1 heterocycles. The van der Waals surface area contributed by atoms with Crippen molar-refractivity contribution in [1.29, 1.82) is 0 Å². The van der Waals surface area contributed by atoms with Crippen molar-refractivity contribution < 1.29 is 14.1 Å². The van der Waals surface area contributed by atoms with Crippen molar-refractivity contribution in [3.05, 3.63) is 79.1 Å². The SMILES string of the molecule is O=C(Nc1ccc(I)cc1)c1ccc(-c2ccc(Cl)c([N+](=O)[O-])c2)o1. The van der Waals surface area contributed by atoms with Gasteiger partial charge in [-0.15, -0.1) is 0 Å². The standard InChI is InChI=1S/C17H10ClIN2O4/c18-13-6-1-10(9-14(13)21(23)24)15-7-8-16(25-15)17(22)20-12-4-2-11(19)3-5-12/h1-9H,(H,20,22). The molecule has 1 aromatic heterocycles. The number of halogens is 2. The third-order valence-corrected chi connectivity index (χ3v) is 4.40. The van der Waals surface area contributed by atoms with E-state index in [-0.39, 0.29) is 16.5 Å². The van der Waals surface area contributed by atoms with E-state index in [1.165, 1.54) is 18.2 Å². The first-order valence-corrected chi connectivity index (χ1v) is 8.51. The van der Waals surface area contributed by atoms with E-state index in [9.17, 15) is 14.9 Å². The lowest BCUT2D eigenvalue weighted by atomic mass is 10.1. The molecular formula is C17H10ClIN2O4. The van der Waals surface area contributed by atoms with Crippen LogP contribution >= 0.6 is 34.2 Å². The summed E-state index contributed by atoms with van der Waals surface area (Å²) in [4.78, 5) is 22.6. The molecular weight excluding hydrogens is 459 g/mol. The van der Waals surface area contributed by atoms with Crippen LogP contribution in [0.4, 0.5) is 11.4 Å². The fourth-order valence-corrected chi connectivity index (χ4v) is 2.69. The van der Waals surface area contributed by atoms with Crippen molar-refractivity contribution >= 4 is 51.5 Å². The highest BCUT2D eigenvalue weighted by molar-refractivity contribution is 14.1. The van der Waals surface area contributed by atoms with Crippen LogP contribution in [0.1, 0.15) is 10.6 Å². The van der Waals surface area contributed by atoms with Crippen LogP contribution in [0.5, 0.6) is 0 Å². The number of nitrogens with one attached hydrogen (secondary N) is 1. The Balaban J connectivity index is 1.82. The molecule has 0 bridgehead atoms. The molecule has 6 nitrogen and oxygen atoms in total. The van der Waals surface area contributed by atoms with Crippen LogP contribution in [0.15, 0.2) is 59.0 Å². The van der Waals surface area contributed by atoms with Crippen LogP contribution in [-0.2, 0) is 0 Å². The van der Waals surface area contributed by atoms with Crippen LogP contribution < -0.4 is 5.32 Å². The first-order valence-electron chi connectivity index (χ1n) is 7.05. The summed E-state index contributed by atoms with van der Waals surface area (Å²) in [6.07, 6.45) is 0. The molecule has 0 fully saturated rings. The number of nitro groups is 1. The summed E-state index contributed by atoms with van der Waals surface area (Å²) in [6.45, 7) is 0. The Morgan fingerprint density at radius 2 is 1.84 bits per heavy atom. The number of anilines is 1. The van der Waals surface area contributed by atoms with Gasteiger partial charge in [0, 0.05) is 20.9 Å². The van der Waals surface area contributed by atoms with Gasteiger partial charge in [0.1, 0.15) is 10.8 Å².